The summed E-state index contributed by atoms with van der Waals surface area (Å²) in [6, 6.07) is 8.02. The number of nitriles is 1. The molecule has 0 bridgehead atoms. The third-order valence-electron chi connectivity index (χ3n) is 3.55. The Labute approximate surface area is 148 Å². The average molecular weight is 364 g/mol. The number of methoxy groups -OCH3 is 1. The van der Waals surface area contributed by atoms with E-state index in [2.05, 4.69) is 4.98 Å². The molecule has 0 amide bonds. The predicted molar refractivity (Wildman–Crippen MR) is 86.1 cm³/mol. The second kappa shape index (κ2) is 7.87. The minimum absolute atomic E-state index is 0.0571. The first-order valence-electron chi connectivity index (χ1n) is 7.59. The standard InChI is InChI=1S/C18H15F3N2O3/c1-3-26-15-7-4-11(8-16(15)25-2)17(24)13(9-22)14-6-5-12(10-23-14)18(19,20)21/h4-8,10,13H,3H2,1-2H3. The molecular weight excluding hydrogens is 349 g/mol. The summed E-state index contributed by atoms with van der Waals surface area (Å²) in [4.78, 5) is 16.2. The number of ether oxygens (including phenoxy) is 2. The largest absolute Gasteiger partial charge is 0.493 e. The fourth-order valence-corrected chi connectivity index (χ4v) is 2.27. The summed E-state index contributed by atoms with van der Waals surface area (Å²) in [5, 5.41) is 9.32. The van der Waals surface area contributed by atoms with Crippen LogP contribution in [0, 0.1) is 11.3 Å². The number of aromatic nitrogens is 1. The fourth-order valence-electron chi connectivity index (χ4n) is 2.27. The average Bonchev–Trinajstić information content (AvgIpc) is 2.62. The van der Waals surface area contributed by atoms with Gasteiger partial charge in [-0.3, -0.25) is 9.78 Å². The van der Waals surface area contributed by atoms with E-state index in [0.717, 1.165) is 12.1 Å². The number of ketones is 1. The lowest BCUT2D eigenvalue weighted by Gasteiger charge is -2.13. The number of carbonyl (C=O) groups excluding carboxylic acids is 1. The molecule has 0 N–H and O–H groups in total. The van der Waals surface area contributed by atoms with Crippen LogP contribution in [0.2, 0.25) is 0 Å². The maximum Gasteiger partial charge on any atom is 0.417 e. The van der Waals surface area contributed by atoms with Gasteiger partial charge in [0.25, 0.3) is 0 Å². The van der Waals surface area contributed by atoms with E-state index in [1.54, 1.807) is 13.0 Å². The monoisotopic (exact) mass is 364 g/mol. The van der Waals surface area contributed by atoms with Crippen molar-refractivity contribution in [3.05, 3.63) is 53.3 Å². The molecule has 1 unspecified atom stereocenters. The molecule has 2 rings (SSSR count). The number of carbonyl (C=O) groups is 1. The van der Waals surface area contributed by atoms with Crippen molar-refractivity contribution in [2.24, 2.45) is 0 Å². The highest BCUT2D eigenvalue weighted by atomic mass is 19.4. The zero-order valence-electron chi connectivity index (χ0n) is 14.0. The van der Waals surface area contributed by atoms with Crippen LogP contribution in [0.5, 0.6) is 11.5 Å². The summed E-state index contributed by atoms with van der Waals surface area (Å²) >= 11 is 0. The van der Waals surface area contributed by atoms with Gasteiger partial charge in [0.2, 0.25) is 0 Å². The van der Waals surface area contributed by atoms with E-state index in [-0.39, 0.29) is 11.3 Å². The lowest BCUT2D eigenvalue weighted by Crippen LogP contribution is -2.14. The van der Waals surface area contributed by atoms with E-state index >= 15 is 0 Å². The molecule has 136 valence electrons. The summed E-state index contributed by atoms with van der Waals surface area (Å²) in [6.07, 6.45) is -3.94. The van der Waals surface area contributed by atoms with Gasteiger partial charge >= 0.3 is 6.18 Å². The first kappa shape index (κ1) is 19.2. The smallest absolute Gasteiger partial charge is 0.417 e. The van der Waals surface area contributed by atoms with Gasteiger partial charge in [0.15, 0.2) is 23.2 Å². The number of hydrogen-bond acceptors (Lipinski definition) is 5. The lowest BCUT2D eigenvalue weighted by atomic mass is 9.95. The van der Waals surface area contributed by atoms with Crippen LogP contribution in [-0.2, 0) is 6.18 Å². The first-order valence-corrected chi connectivity index (χ1v) is 7.59. The van der Waals surface area contributed by atoms with E-state index < -0.39 is 23.4 Å². The number of pyridine rings is 1. The van der Waals surface area contributed by atoms with Gasteiger partial charge in [0.1, 0.15) is 0 Å². The molecule has 1 heterocycles. The van der Waals surface area contributed by atoms with Gasteiger partial charge in [-0.1, -0.05) is 0 Å². The maximum absolute atomic E-state index is 12.6. The Hall–Kier alpha value is -3.08. The SMILES string of the molecule is CCOc1ccc(C(=O)C(C#N)c2ccc(C(F)(F)F)cn2)cc1OC. The van der Waals surface area contributed by atoms with Crippen LogP contribution < -0.4 is 9.47 Å². The van der Waals surface area contributed by atoms with Crippen molar-refractivity contribution < 1.29 is 27.4 Å². The lowest BCUT2D eigenvalue weighted by molar-refractivity contribution is -0.137. The minimum atomic E-state index is -4.54. The first-order chi connectivity index (χ1) is 12.3. The molecule has 0 fully saturated rings. The molecule has 0 spiro atoms. The third-order valence-corrected chi connectivity index (χ3v) is 3.55. The van der Waals surface area contributed by atoms with Gasteiger partial charge in [-0.25, -0.2) is 0 Å². The van der Waals surface area contributed by atoms with E-state index in [4.69, 9.17) is 9.47 Å². The van der Waals surface area contributed by atoms with Crippen LogP contribution in [0.1, 0.15) is 34.5 Å². The van der Waals surface area contributed by atoms with Gasteiger partial charge in [-0.05, 0) is 37.3 Å². The van der Waals surface area contributed by atoms with E-state index in [9.17, 15) is 23.2 Å². The molecule has 26 heavy (non-hydrogen) atoms. The summed E-state index contributed by atoms with van der Waals surface area (Å²) in [5.74, 6) is -1.18. The van der Waals surface area contributed by atoms with Crippen molar-refractivity contribution in [3.63, 3.8) is 0 Å². The minimum Gasteiger partial charge on any atom is -0.493 e. The molecule has 0 radical (unpaired) electrons. The van der Waals surface area contributed by atoms with Crippen LogP contribution in [-0.4, -0.2) is 24.5 Å². The van der Waals surface area contributed by atoms with Crippen molar-refractivity contribution in [2.75, 3.05) is 13.7 Å². The summed E-state index contributed by atoms with van der Waals surface area (Å²) in [5.41, 5.74) is -0.843. The molecule has 2 aromatic rings. The zero-order chi connectivity index (χ0) is 19.3. The Morgan fingerprint density at radius 2 is 2.00 bits per heavy atom. The number of halogens is 3. The Bertz CT molecular complexity index is 827. The number of rotatable bonds is 6. The van der Waals surface area contributed by atoms with Crippen LogP contribution in [0.25, 0.3) is 0 Å². The molecule has 1 aromatic carbocycles. The van der Waals surface area contributed by atoms with Crippen molar-refractivity contribution >= 4 is 5.78 Å². The molecule has 0 aliphatic carbocycles. The number of nitrogens with zero attached hydrogens (tertiary/aromatic N) is 2. The highest BCUT2D eigenvalue weighted by Gasteiger charge is 2.32. The molecule has 1 atom stereocenters. The molecule has 0 saturated carbocycles. The van der Waals surface area contributed by atoms with E-state index in [1.807, 2.05) is 0 Å². The van der Waals surface area contributed by atoms with Crippen LogP contribution in [0.3, 0.4) is 0 Å². The zero-order valence-corrected chi connectivity index (χ0v) is 14.0. The highest BCUT2D eigenvalue weighted by molar-refractivity contribution is 6.03. The van der Waals surface area contributed by atoms with Crippen LogP contribution >= 0.6 is 0 Å². The second-order valence-electron chi connectivity index (χ2n) is 5.19. The summed E-state index contributed by atoms with van der Waals surface area (Å²) in [7, 11) is 1.41. The molecule has 0 aliphatic rings. The number of benzene rings is 1. The fraction of sp³-hybridized carbons (Fsp3) is 0.278. The molecule has 8 heteroatoms. The Morgan fingerprint density at radius 1 is 1.27 bits per heavy atom. The van der Waals surface area contributed by atoms with Crippen molar-refractivity contribution in [2.45, 2.75) is 19.0 Å². The topological polar surface area (TPSA) is 72.2 Å². The van der Waals surface area contributed by atoms with Crippen molar-refractivity contribution in [3.8, 4) is 17.6 Å². The highest BCUT2D eigenvalue weighted by Crippen LogP contribution is 2.32. The Kier molecular flexibility index (Phi) is 5.82. The van der Waals surface area contributed by atoms with Crippen molar-refractivity contribution in [1.29, 1.82) is 5.26 Å². The molecule has 0 aliphatic heterocycles. The van der Waals surface area contributed by atoms with Gasteiger partial charge in [0, 0.05) is 11.8 Å². The quantitative estimate of drug-likeness (QED) is 0.725. The molecular formula is C18H15F3N2O3. The van der Waals surface area contributed by atoms with Crippen molar-refractivity contribution in [1.82, 2.24) is 4.98 Å². The summed E-state index contributed by atoms with van der Waals surface area (Å²) < 4.78 is 48.4. The molecule has 5 nitrogen and oxygen atoms in total. The number of alkyl halides is 3. The summed E-state index contributed by atoms with van der Waals surface area (Å²) in [6.45, 7) is 2.19. The molecule has 1 aromatic heterocycles. The maximum atomic E-state index is 12.6. The van der Waals surface area contributed by atoms with Crippen LogP contribution in [0.15, 0.2) is 36.5 Å². The third kappa shape index (κ3) is 4.11. The van der Waals surface area contributed by atoms with Gasteiger partial charge in [-0.15, -0.1) is 0 Å². The van der Waals surface area contributed by atoms with Gasteiger partial charge < -0.3 is 9.47 Å². The van der Waals surface area contributed by atoms with E-state index in [1.165, 1.54) is 25.3 Å². The second-order valence-corrected chi connectivity index (χ2v) is 5.19. The Balaban J connectivity index is 2.33. The molecule has 0 saturated heterocycles. The Morgan fingerprint density at radius 3 is 2.50 bits per heavy atom. The normalized spacial score (nSPS) is 12.2. The van der Waals surface area contributed by atoms with Crippen LogP contribution in [0.4, 0.5) is 13.2 Å². The number of Topliss-reactive ketones (excluding diaryl/α,β-unsaturated/α-hetero) is 1. The predicted octanol–water partition coefficient (Wildman–Crippen LogP) is 4.00. The van der Waals surface area contributed by atoms with E-state index in [0.29, 0.717) is 24.3 Å². The van der Waals surface area contributed by atoms with Gasteiger partial charge in [0.05, 0.1) is 31.0 Å². The van der Waals surface area contributed by atoms with Gasteiger partial charge in [-0.2, -0.15) is 18.4 Å². The number of hydrogen-bond donors (Lipinski definition) is 0.